The fourth-order valence-electron chi connectivity index (χ4n) is 3.40. The number of nitrogens with zero attached hydrogens (tertiary/aromatic N) is 1. The number of hydrogen-bond acceptors (Lipinski definition) is 4. The molecule has 1 fully saturated rings. The number of amides is 2. The summed E-state index contributed by atoms with van der Waals surface area (Å²) in [5.41, 5.74) is 1.53. The van der Waals surface area contributed by atoms with Gasteiger partial charge >= 0.3 is 0 Å². The number of benzene rings is 2. The van der Waals surface area contributed by atoms with Gasteiger partial charge in [0.25, 0.3) is 11.8 Å². The van der Waals surface area contributed by atoms with Crippen molar-refractivity contribution < 1.29 is 19.1 Å². The van der Waals surface area contributed by atoms with E-state index in [0.717, 1.165) is 37.0 Å². The lowest BCUT2D eigenvalue weighted by Gasteiger charge is -2.22. The van der Waals surface area contributed by atoms with Crippen LogP contribution in [0.2, 0.25) is 0 Å². The number of carbonyl (C=O) groups excluding carboxylic acids is 2. The lowest BCUT2D eigenvalue weighted by Crippen LogP contribution is -2.39. The van der Waals surface area contributed by atoms with E-state index in [1.54, 1.807) is 44.6 Å². The highest BCUT2D eigenvalue weighted by Gasteiger charge is 2.22. The summed E-state index contributed by atoms with van der Waals surface area (Å²) in [6.45, 7) is 1.41. The second kappa shape index (κ2) is 10.5. The van der Waals surface area contributed by atoms with Crippen molar-refractivity contribution in [3.63, 3.8) is 0 Å². The van der Waals surface area contributed by atoms with Crippen molar-refractivity contribution >= 4 is 17.9 Å². The first-order valence-corrected chi connectivity index (χ1v) is 10.2. The van der Waals surface area contributed by atoms with Gasteiger partial charge in [-0.1, -0.05) is 25.0 Å². The Balaban J connectivity index is 1.85. The molecule has 2 amide bonds. The van der Waals surface area contributed by atoms with Crippen LogP contribution in [0.4, 0.5) is 0 Å². The average Bonchev–Trinajstić information content (AvgIpc) is 3.08. The molecule has 0 atom stereocenters. The van der Waals surface area contributed by atoms with Gasteiger partial charge in [-0.2, -0.15) is 0 Å². The van der Waals surface area contributed by atoms with Crippen molar-refractivity contribution in [2.75, 3.05) is 27.3 Å². The number of carbonyl (C=O) groups is 2. The SMILES string of the molecule is COc1ccc(C=C(NC(=O)c2ccc(OC)cc2)C(=O)N2CCCCCC2)cc1. The van der Waals surface area contributed by atoms with Crippen LogP contribution in [0.25, 0.3) is 6.08 Å². The van der Waals surface area contributed by atoms with Gasteiger partial charge < -0.3 is 19.7 Å². The highest BCUT2D eigenvalue weighted by molar-refractivity contribution is 6.05. The van der Waals surface area contributed by atoms with E-state index in [1.807, 2.05) is 29.2 Å². The summed E-state index contributed by atoms with van der Waals surface area (Å²) in [5.74, 6) is 0.908. The Hall–Kier alpha value is -3.28. The second-order valence-electron chi connectivity index (χ2n) is 7.22. The molecule has 2 aromatic carbocycles. The third kappa shape index (κ3) is 5.63. The summed E-state index contributed by atoms with van der Waals surface area (Å²) in [4.78, 5) is 27.9. The molecule has 3 rings (SSSR count). The van der Waals surface area contributed by atoms with Crippen molar-refractivity contribution in [2.45, 2.75) is 25.7 Å². The Labute approximate surface area is 177 Å². The summed E-state index contributed by atoms with van der Waals surface area (Å²) in [5, 5.41) is 2.82. The summed E-state index contributed by atoms with van der Waals surface area (Å²) >= 11 is 0. The average molecular weight is 408 g/mol. The molecule has 1 aliphatic heterocycles. The first-order chi connectivity index (χ1) is 14.6. The first-order valence-electron chi connectivity index (χ1n) is 10.2. The smallest absolute Gasteiger partial charge is 0.270 e. The Morgan fingerprint density at radius 1 is 0.833 bits per heavy atom. The zero-order chi connectivity index (χ0) is 21.3. The lowest BCUT2D eigenvalue weighted by molar-refractivity contribution is -0.127. The molecule has 6 heteroatoms. The molecule has 0 radical (unpaired) electrons. The normalized spacial score (nSPS) is 14.6. The molecule has 6 nitrogen and oxygen atoms in total. The minimum atomic E-state index is -0.333. The molecule has 2 aromatic rings. The summed E-state index contributed by atoms with van der Waals surface area (Å²) in [6.07, 6.45) is 5.93. The van der Waals surface area contributed by atoms with Crippen molar-refractivity contribution in [3.8, 4) is 11.5 Å². The molecule has 0 aromatic heterocycles. The van der Waals surface area contributed by atoms with Gasteiger partial charge in [0.2, 0.25) is 0 Å². The largest absolute Gasteiger partial charge is 0.497 e. The van der Waals surface area contributed by atoms with Gasteiger partial charge in [0.05, 0.1) is 14.2 Å². The van der Waals surface area contributed by atoms with Crippen LogP contribution in [0.15, 0.2) is 54.2 Å². The minimum absolute atomic E-state index is 0.158. The van der Waals surface area contributed by atoms with E-state index in [2.05, 4.69) is 5.32 Å². The number of ether oxygens (including phenoxy) is 2. The zero-order valence-corrected chi connectivity index (χ0v) is 17.5. The fraction of sp³-hybridized carbons (Fsp3) is 0.333. The van der Waals surface area contributed by atoms with E-state index in [0.29, 0.717) is 24.4 Å². The van der Waals surface area contributed by atoms with Gasteiger partial charge in [-0.3, -0.25) is 9.59 Å². The van der Waals surface area contributed by atoms with Crippen LogP contribution in [0.5, 0.6) is 11.5 Å². The van der Waals surface area contributed by atoms with Crippen LogP contribution in [0, 0.1) is 0 Å². The van der Waals surface area contributed by atoms with E-state index >= 15 is 0 Å². The standard InChI is InChI=1S/C24H28N2O4/c1-29-20-11-7-18(8-12-20)17-22(24(28)26-15-5-3-4-6-16-26)25-23(27)19-9-13-21(30-2)14-10-19/h7-14,17H,3-6,15-16H2,1-2H3,(H,25,27). The van der Waals surface area contributed by atoms with Gasteiger partial charge in [-0.25, -0.2) is 0 Å². The number of nitrogens with one attached hydrogen (secondary N) is 1. The van der Waals surface area contributed by atoms with Crippen molar-refractivity contribution in [2.24, 2.45) is 0 Å². The zero-order valence-electron chi connectivity index (χ0n) is 17.5. The molecule has 0 bridgehead atoms. The Kier molecular flexibility index (Phi) is 7.49. The van der Waals surface area contributed by atoms with E-state index in [4.69, 9.17) is 9.47 Å². The molecule has 158 valence electrons. The summed E-state index contributed by atoms with van der Waals surface area (Å²) < 4.78 is 10.3. The van der Waals surface area contributed by atoms with E-state index in [1.165, 1.54) is 0 Å². The van der Waals surface area contributed by atoms with Crippen LogP contribution < -0.4 is 14.8 Å². The van der Waals surface area contributed by atoms with Gasteiger partial charge in [-0.15, -0.1) is 0 Å². The van der Waals surface area contributed by atoms with Crippen LogP contribution >= 0.6 is 0 Å². The van der Waals surface area contributed by atoms with Gasteiger partial charge in [0.15, 0.2) is 0 Å². The summed E-state index contributed by atoms with van der Waals surface area (Å²) in [6, 6.07) is 14.2. The fourth-order valence-corrected chi connectivity index (χ4v) is 3.40. The molecule has 0 saturated carbocycles. The molecule has 1 N–H and O–H groups in total. The molecule has 1 saturated heterocycles. The maximum atomic E-state index is 13.2. The summed E-state index contributed by atoms with van der Waals surface area (Å²) in [7, 11) is 3.18. The predicted octanol–water partition coefficient (Wildman–Crippen LogP) is 3.88. The third-order valence-electron chi connectivity index (χ3n) is 5.15. The molecule has 1 heterocycles. The van der Waals surface area contributed by atoms with Gasteiger partial charge in [0, 0.05) is 18.7 Å². The molecule has 0 spiro atoms. The first kappa shape index (κ1) is 21.4. The highest BCUT2D eigenvalue weighted by Crippen LogP contribution is 2.17. The number of likely N-dealkylation sites (tertiary alicyclic amines) is 1. The minimum Gasteiger partial charge on any atom is -0.497 e. The highest BCUT2D eigenvalue weighted by atomic mass is 16.5. The van der Waals surface area contributed by atoms with Crippen molar-refractivity contribution in [1.29, 1.82) is 0 Å². The Bertz CT molecular complexity index is 880. The number of rotatable bonds is 6. The van der Waals surface area contributed by atoms with Crippen LogP contribution in [-0.4, -0.2) is 44.0 Å². The van der Waals surface area contributed by atoms with Crippen LogP contribution in [-0.2, 0) is 4.79 Å². The maximum Gasteiger partial charge on any atom is 0.270 e. The molecular formula is C24H28N2O4. The third-order valence-corrected chi connectivity index (χ3v) is 5.15. The molecule has 1 aliphatic rings. The Morgan fingerprint density at radius 2 is 1.37 bits per heavy atom. The number of methoxy groups -OCH3 is 2. The van der Waals surface area contributed by atoms with E-state index in [-0.39, 0.29) is 17.5 Å². The maximum absolute atomic E-state index is 13.2. The number of hydrogen-bond donors (Lipinski definition) is 1. The van der Waals surface area contributed by atoms with E-state index in [9.17, 15) is 9.59 Å². The topological polar surface area (TPSA) is 67.9 Å². The van der Waals surface area contributed by atoms with Crippen LogP contribution in [0.3, 0.4) is 0 Å². The van der Waals surface area contributed by atoms with Crippen LogP contribution in [0.1, 0.15) is 41.6 Å². The van der Waals surface area contributed by atoms with Crippen molar-refractivity contribution in [3.05, 3.63) is 65.4 Å². The molecular weight excluding hydrogens is 380 g/mol. The van der Waals surface area contributed by atoms with E-state index < -0.39 is 0 Å². The molecule has 30 heavy (non-hydrogen) atoms. The van der Waals surface area contributed by atoms with Crippen molar-refractivity contribution in [1.82, 2.24) is 10.2 Å². The lowest BCUT2D eigenvalue weighted by atomic mass is 10.1. The monoisotopic (exact) mass is 408 g/mol. The predicted molar refractivity (Wildman–Crippen MR) is 116 cm³/mol. The van der Waals surface area contributed by atoms with Gasteiger partial charge in [0.1, 0.15) is 17.2 Å². The Morgan fingerprint density at radius 3 is 1.90 bits per heavy atom. The quantitative estimate of drug-likeness (QED) is 0.737. The second-order valence-corrected chi connectivity index (χ2v) is 7.22. The molecule has 0 unspecified atom stereocenters. The van der Waals surface area contributed by atoms with Gasteiger partial charge in [-0.05, 0) is 60.9 Å². The molecule has 0 aliphatic carbocycles.